The average molecular weight is 284 g/mol. The summed E-state index contributed by atoms with van der Waals surface area (Å²) in [5, 5.41) is 6.54. The quantitative estimate of drug-likeness (QED) is 0.490. The Bertz CT molecular complexity index is 503. The summed E-state index contributed by atoms with van der Waals surface area (Å²) in [5.74, 6) is -1.02. The smallest absolute Gasteiger partial charge is 0.329 e. The summed E-state index contributed by atoms with van der Waals surface area (Å²) >= 11 is 5.84. The fourth-order valence-corrected chi connectivity index (χ4v) is 1.44. The van der Waals surface area contributed by atoms with Crippen LogP contribution in [0.4, 0.5) is 0 Å². The van der Waals surface area contributed by atoms with E-state index in [9.17, 15) is 9.59 Å². The maximum atomic E-state index is 11.3. The fraction of sp³-hybridized carbons (Fsp3) is 0.250. The molecule has 0 spiro atoms. The van der Waals surface area contributed by atoms with Crippen molar-refractivity contribution >= 4 is 29.6 Å². The molecule has 0 aliphatic carbocycles. The van der Waals surface area contributed by atoms with E-state index in [2.05, 4.69) is 15.8 Å². The first kappa shape index (κ1) is 15.0. The lowest BCUT2D eigenvalue weighted by Crippen LogP contribution is -2.37. The molecule has 2 amide bonds. The number of benzene rings is 1. The van der Waals surface area contributed by atoms with Crippen molar-refractivity contribution in [3.63, 3.8) is 0 Å². The van der Waals surface area contributed by atoms with Gasteiger partial charge in [-0.05, 0) is 25.1 Å². The van der Waals surface area contributed by atoms with E-state index in [1.54, 1.807) is 25.1 Å². The Kier molecular flexibility index (Phi) is 5.81. The summed E-state index contributed by atoms with van der Waals surface area (Å²) in [6.45, 7) is 2.09. The predicted octanol–water partition coefficient (Wildman–Crippen LogP) is 0.935. The molecule has 0 bridgehead atoms. The van der Waals surface area contributed by atoms with Gasteiger partial charge in [0.15, 0.2) is 0 Å². The second-order valence-electron chi connectivity index (χ2n) is 3.44. The molecule has 0 fully saturated rings. The molecule has 6 nitrogen and oxygen atoms in total. The first-order valence-corrected chi connectivity index (χ1v) is 5.91. The maximum Gasteiger partial charge on any atom is 0.329 e. The molecule has 1 rings (SSSR count). The molecular weight excluding hydrogens is 270 g/mol. The van der Waals surface area contributed by atoms with Gasteiger partial charge in [-0.2, -0.15) is 5.10 Å². The lowest BCUT2D eigenvalue weighted by Gasteiger charge is -2.04. The van der Waals surface area contributed by atoms with Crippen LogP contribution in [0.1, 0.15) is 12.5 Å². The minimum absolute atomic E-state index is 0.373. The van der Waals surface area contributed by atoms with Gasteiger partial charge in [-0.15, -0.1) is 0 Å². The molecule has 0 heterocycles. The first-order valence-electron chi connectivity index (χ1n) is 5.53. The van der Waals surface area contributed by atoms with Crippen LogP contribution in [0.5, 0.6) is 5.75 Å². The molecule has 1 aromatic rings. The van der Waals surface area contributed by atoms with Crippen LogP contribution < -0.4 is 15.5 Å². The molecule has 7 heteroatoms. The maximum absolute atomic E-state index is 11.3. The van der Waals surface area contributed by atoms with Crippen LogP contribution in [0.2, 0.25) is 5.02 Å². The SMILES string of the molecule is CCNC(=O)C(=O)N/N=C\c1cc(Cl)ccc1OC. The van der Waals surface area contributed by atoms with Crippen molar-refractivity contribution in [3.8, 4) is 5.75 Å². The van der Waals surface area contributed by atoms with E-state index in [1.165, 1.54) is 13.3 Å². The molecular formula is C12H14ClN3O3. The summed E-state index contributed by atoms with van der Waals surface area (Å²) in [6, 6.07) is 4.97. The number of likely N-dealkylation sites (N-methyl/N-ethyl adjacent to an activating group) is 1. The highest BCUT2D eigenvalue weighted by molar-refractivity contribution is 6.35. The zero-order valence-electron chi connectivity index (χ0n) is 10.6. The van der Waals surface area contributed by atoms with Gasteiger partial charge < -0.3 is 10.1 Å². The molecule has 1 aromatic carbocycles. The van der Waals surface area contributed by atoms with Gasteiger partial charge in [-0.1, -0.05) is 11.6 Å². The summed E-state index contributed by atoms with van der Waals surface area (Å²) in [7, 11) is 1.51. The normalized spacial score (nSPS) is 10.3. The Morgan fingerprint density at radius 1 is 1.42 bits per heavy atom. The summed E-state index contributed by atoms with van der Waals surface area (Å²) < 4.78 is 5.10. The third-order valence-corrected chi connectivity index (χ3v) is 2.34. The summed E-state index contributed by atoms with van der Waals surface area (Å²) in [5.41, 5.74) is 2.70. The van der Waals surface area contributed by atoms with Crippen molar-refractivity contribution < 1.29 is 14.3 Å². The van der Waals surface area contributed by atoms with Gasteiger partial charge in [-0.25, -0.2) is 5.43 Å². The number of halogens is 1. The number of rotatable bonds is 4. The van der Waals surface area contributed by atoms with Crippen molar-refractivity contribution in [2.75, 3.05) is 13.7 Å². The highest BCUT2D eigenvalue weighted by Crippen LogP contribution is 2.20. The molecule has 2 N–H and O–H groups in total. The summed E-state index contributed by atoms with van der Waals surface area (Å²) in [6.07, 6.45) is 1.35. The van der Waals surface area contributed by atoms with Gasteiger partial charge in [0.25, 0.3) is 0 Å². The second kappa shape index (κ2) is 7.38. The number of hydrogen-bond donors (Lipinski definition) is 2. The van der Waals surface area contributed by atoms with Gasteiger partial charge in [0.05, 0.1) is 13.3 Å². The summed E-state index contributed by atoms with van der Waals surface area (Å²) in [4.78, 5) is 22.4. The van der Waals surface area contributed by atoms with Gasteiger partial charge in [0.1, 0.15) is 5.75 Å². The number of carbonyl (C=O) groups excluding carboxylic acids is 2. The highest BCUT2D eigenvalue weighted by Gasteiger charge is 2.10. The van der Waals surface area contributed by atoms with Crippen molar-refractivity contribution in [3.05, 3.63) is 28.8 Å². The largest absolute Gasteiger partial charge is 0.496 e. The topological polar surface area (TPSA) is 79.8 Å². The van der Waals surface area contributed by atoms with Crippen LogP contribution in [0.25, 0.3) is 0 Å². The fourth-order valence-electron chi connectivity index (χ4n) is 1.26. The van der Waals surface area contributed by atoms with Gasteiger partial charge in [0, 0.05) is 17.1 Å². The van der Waals surface area contributed by atoms with E-state index in [4.69, 9.17) is 16.3 Å². The van der Waals surface area contributed by atoms with Crippen LogP contribution in [-0.2, 0) is 9.59 Å². The third-order valence-electron chi connectivity index (χ3n) is 2.11. The lowest BCUT2D eigenvalue weighted by atomic mass is 10.2. The zero-order chi connectivity index (χ0) is 14.3. The molecule has 0 unspecified atom stereocenters. The molecule has 0 aliphatic rings. The Balaban J connectivity index is 2.69. The molecule has 0 aliphatic heterocycles. The van der Waals surface area contributed by atoms with Gasteiger partial charge in [-0.3, -0.25) is 9.59 Å². The number of ether oxygens (including phenoxy) is 1. The number of nitrogens with one attached hydrogen (secondary N) is 2. The molecule has 0 radical (unpaired) electrons. The average Bonchev–Trinajstić information content (AvgIpc) is 2.39. The Labute approximate surface area is 115 Å². The van der Waals surface area contributed by atoms with Crippen LogP contribution >= 0.6 is 11.6 Å². The lowest BCUT2D eigenvalue weighted by molar-refractivity contribution is -0.139. The predicted molar refractivity (Wildman–Crippen MR) is 72.4 cm³/mol. The standard InChI is InChI=1S/C12H14ClN3O3/c1-3-14-11(17)12(18)16-15-7-8-6-9(13)4-5-10(8)19-2/h4-7H,3H2,1-2H3,(H,14,17)(H,16,18)/b15-7-. The molecule has 0 saturated heterocycles. The van der Waals surface area contributed by atoms with Gasteiger partial charge >= 0.3 is 11.8 Å². The molecule has 19 heavy (non-hydrogen) atoms. The minimum Gasteiger partial charge on any atom is -0.496 e. The van der Waals surface area contributed by atoms with E-state index in [0.29, 0.717) is 22.9 Å². The molecule has 0 saturated carbocycles. The number of carbonyl (C=O) groups is 2. The van der Waals surface area contributed by atoms with E-state index in [-0.39, 0.29) is 0 Å². The van der Waals surface area contributed by atoms with Crippen LogP contribution in [0, 0.1) is 0 Å². The number of methoxy groups -OCH3 is 1. The van der Waals surface area contributed by atoms with Crippen LogP contribution in [0.15, 0.2) is 23.3 Å². The van der Waals surface area contributed by atoms with Gasteiger partial charge in [0.2, 0.25) is 0 Å². The van der Waals surface area contributed by atoms with Crippen LogP contribution in [-0.4, -0.2) is 31.7 Å². The molecule has 102 valence electrons. The second-order valence-corrected chi connectivity index (χ2v) is 3.88. The highest BCUT2D eigenvalue weighted by atomic mass is 35.5. The van der Waals surface area contributed by atoms with Crippen molar-refractivity contribution in [1.29, 1.82) is 0 Å². The number of hydrazone groups is 1. The Morgan fingerprint density at radius 3 is 2.79 bits per heavy atom. The van der Waals surface area contributed by atoms with Crippen molar-refractivity contribution in [2.24, 2.45) is 5.10 Å². The number of hydrogen-bond acceptors (Lipinski definition) is 4. The van der Waals surface area contributed by atoms with E-state index in [1.807, 2.05) is 0 Å². The van der Waals surface area contributed by atoms with Crippen molar-refractivity contribution in [1.82, 2.24) is 10.7 Å². The Hall–Kier alpha value is -2.08. The van der Waals surface area contributed by atoms with Crippen molar-refractivity contribution in [2.45, 2.75) is 6.92 Å². The monoisotopic (exact) mass is 283 g/mol. The van der Waals surface area contributed by atoms with Crippen LogP contribution in [0.3, 0.4) is 0 Å². The molecule has 0 atom stereocenters. The third kappa shape index (κ3) is 4.59. The first-order chi connectivity index (χ1) is 9.08. The number of nitrogens with zero attached hydrogens (tertiary/aromatic N) is 1. The van der Waals surface area contributed by atoms with E-state index < -0.39 is 11.8 Å². The molecule has 0 aromatic heterocycles. The van der Waals surface area contributed by atoms with E-state index >= 15 is 0 Å². The number of amides is 2. The Morgan fingerprint density at radius 2 is 2.16 bits per heavy atom. The zero-order valence-corrected chi connectivity index (χ0v) is 11.3. The van der Waals surface area contributed by atoms with E-state index in [0.717, 1.165) is 0 Å². The minimum atomic E-state index is -0.834.